The third-order valence-electron chi connectivity index (χ3n) is 2.94. The smallest absolute Gasteiger partial charge is 0.218 e. The molecule has 102 valence electrons. The van der Waals surface area contributed by atoms with Crippen LogP contribution in [0.1, 0.15) is 17.5 Å². The minimum absolute atomic E-state index is 0.350. The van der Waals surface area contributed by atoms with Crippen molar-refractivity contribution in [3.05, 3.63) is 58.0 Å². The molecule has 0 spiro atoms. The highest BCUT2D eigenvalue weighted by molar-refractivity contribution is 7.80. The van der Waals surface area contributed by atoms with Crippen LogP contribution in [0.5, 0.6) is 0 Å². The number of thiocarbonyl (C=S) groups is 1. The van der Waals surface area contributed by atoms with E-state index in [1.165, 1.54) is 0 Å². The van der Waals surface area contributed by atoms with E-state index in [0.717, 1.165) is 11.3 Å². The first-order valence-corrected chi connectivity index (χ1v) is 7.00. The van der Waals surface area contributed by atoms with Gasteiger partial charge in [0.1, 0.15) is 5.76 Å². The standard InChI is InChI=1S/C13H9Cl2N3OS/c14-8-3-4-10(11(15)6-8)12-16-17-13(20)18(12)7-9-2-1-5-19-9/h1-6,12H,7H2. The molecule has 0 saturated carbocycles. The van der Waals surface area contributed by atoms with Gasteiger partial charge in [-0.2, -0.15) is 5.11 Å². The Morgan fingerprint density at radius 2 is 2.15 bits per heavy atom. The predicted molar refractivity (Wildman–Crippen MR) is 80.9 cm³/mol. The van der Waals surface area contributed by atoms with Crippen molar-refractivity contribution in [2.45, 2.75) is 12.7 Å². The van der Waals surface area contributed by atoms with Crippen molar-refractivity contribution in [1.29, 1.82) is 0 Å². The van der Waals surface area contributed by atoms with Crippen molar-refractivity contribution < 1.29 is 4.42 Å². The molecule has 0 fully saturated rings. The summed E-state index contributed by atoms with van der Waals surface area (Å²) < 4.78 is 5.34. The zero-order chi connectivity index (χ0) is 14.1. The van der Waals surface area contributed by atoms with Gasteiger partial charge < -0.3 is 9.32 Å². The molecule has 0 amide bonds. The van der Waals surface area contributed by atoms with Crippen molar-refractivity contribution in [3.8, 4) is 0 Å². The summed E-state index contributed by atoms with van der Waals surface area (Å²) in [5.74, 6) is 0.787. The van der Waals surface area contributed by atoms with Crippen LogP contribution in [0.3, 0.4) is 0 Å². The Bertz CT molecular complexity index is 672. The number of benzene rings is 1. The normalized spacial score (nSPS) is 18.0. The molecule has 0 aliphatic carbocycles. The molecule has 2 aromatic rings. The summed E-state index contributed by atoms with van der Waals surface area (Å²) in [4.78, 5) is 1.85. The lowest BCUT2D eigenvalue weighted by atomic mass is 10.1. The first-order valence-electron chi connectivity index (χ1n) is 5.84. The lowest BCUT2D eigenvalue weighted by Crippen LogP contribution is -2.26. The van der Waals surface area contributed by atoms with E-state index in [0.29, 0.717) is 21.7 Å². The third kappa shape index (κ3) is 2.57. The summed E-state index contributed by atoms with van der Waals surface area (Å²) in [7, 11) is 0. The molecule has 1 aromatic heterocycles. The summed E-state index contributed by atoms with van der Waals surface area (Å²) in [6, 6.07) is 8.98. The molecule has 0 saturated heterocycles. The van der Waals surface area contributed by atoms with Gasteiger partial charge in [-0.3, -0.25) is 0 Å². The fraction of sp³-hybridized carbons (Fsp3) is 0.154. The SMILES string of the molecule is S=C1N=NC(c2ccc(Cl)cc2Cl)N1Cc1ccco1. The molecule has 0 bridgehead atoms. The molecule has 2 heterocycles. The van der Waals surface area contributed by atoms with E-state index in [9.17, 15) is 0 Å². The Labute approximate surface area is 131 Å². The first-order chi connectivity index (χ1) is 9.65. The molecule has 0 radical (unpaired) electrons. The van der Waals surface area contributed by atoms with Crippen LogP contribution in [0.2, 0.25) is 10.0 Å². The Morgan fingerprint density at radius 1 is 1.30 bits per heavy atom. The minimum Gasteiger partial charge on any atom is -0.467 e. The number of rotatable bonds is 3. The maximum absolute atomic E-state index is 6.22. The van der Waals surface area contributed by atoms with Crippen LogP contribution in [0.4, 0.5) is 0 Å². The van der Waals surface area contributed by atoms with Gasteiger partial charge in [0.2, 0.25) is 5.11 Å². The number of halogens is 2. The van der Waals surface area contributed by atoms with Crippen molar-refractivity contribution >= 4 is 40.5 Å². The van der Waals surface area contributed by atoms with E-state index in [1.54, 1.807) is 18.4 Å². The second-order valence-electron chi connectivity index (χ2n) is 4.24. The number of azo groups is 1. The zero-order valence-corrected chi connectivity index (χ0v) is 12.5. The van der Waals surface area contributed by atoms with Gasteiger partial charge >= 0.3 is 0 Å². The molecule has 3 rings (SSSR count). The van der Waals surface area contributed by atoms with Gasteiger partial charge in [-0.1, -0.05) is 29.3 Å². The zero-order valence-electron chi connectivity index (χ0n) is 10.2. The highest BCUT2D eigenvalue weighted by Gasteiger charge is 2.30. The molecule has 1 aromatic carbocycles. The molecule has 0 N–H and O–H groups in total. The molecule has 20 heavy (non-hydrogen) atoms. The lowest BCUT2D eigenvalue weighted by molar-refractivity contribution is 0.309. The number of furan rings is 1. The Kier molecular flexibility index (Phi) is 3.74. The van der Waals surface area contributed by atoms with E-state index in [1.807, 2.05) is 23.1 Å². The van der Waals surface area contributed by atoms with Crippen LogP contribution in [0, 0.1) is 0 Å². The van der Waals surface area contributed by atoms with Crippen LogP contribution < -0.4 is 0 Å². The van der Waals surface area contributed by atoms with E-state index >= 15 is 0 Å². The Morgan fingerprint density at radius 3 is 2.85 bits per heavy atom. The van der Waals surface area contributed by atoms with Crippen LogP contribution in [0.15, 0.2) is 51.2 Å². The van der Waals surface area contributed by atoms with Crippen molar-refractivity contribution in [3.63, 3.8) is 0 Å². The van der Waals surface area contributed by atoms with Crippen LogP contribution >= 0.6 is 35.4 Å². The summed E-state index contributed by atoms with van der Waals surface area (Å²) in [5.41, 5.74) is 0.811. The van der Waals surface area contributed by atoms with Gasteiger partial charge in [0, 0.05) is 15.6 Å². The van der Waals surface area contributed by atoms with Crippen molar-refractivity contribution in [1.82, 2.24) is 4.90 Å². The topological polar surface area (TPSA) is 41.1 Å². The second kappa shape index (κ2) is 5.52. The summed E-state index contributed by atoms with van der Waals surface area (Å²) in [6.07, 6.45) is 1.27. The first kappa shape index (κ1) is 13.5. The molecule has 1 unspecified atom stereocenters. The minimum atomic E-state index is -0.350. The molecule has 7 heteroatoms. The van der Waals surface area contributed by atoms with Gasteiger partial charge in [-0.15, -0.1) is 5.11 Å². The van der Waals surface area contributed by atoms with E-state index in [2.05, 4.69) is 10.2 Å². The van der Waals surface area contributed by atoms with Crippen LogP contribution in [-0.2, 0) is 6.54 Å². The maximum atomic E-state index is 6.22. The van der Waals surface area contributed by atoms with E-state index < -0.39 is 0 Å². The molecule has 1 atom stereocenters. The van der Waals surface area contributed by atoms with E-state index in [4.69, 9.17) is 39.8 Å². The summed E-state index contributed by atoms with van der Waals surface area (Å²) >= 11 is 17.4. The number of nitrogens with zero attached hydrogens (tertiary/aromatic N) is 3. The Balaban J connectivity index is 1.91. The van der Waals surface area contributed by atoms with Crippen molar-refractivity contribution in [2.75, 3.05) is 0 Å². The van der Waals surface area contributed by atoms with Crippen LogP contribution in [0.25, 0.3) is 0 Å². The molecule has 4 nitrogen and oxygen atoms in total. The lowest BCUT2D eigenvalue weighted by Gasteiger charge is -2.22. The van der Waals surface area contributed by atoms with Crippen molar-refractivity contribution in [2.24, 2.45) is 10.2 Å². The largest absolute Gasteiger partial charge is 0.467 e. The van der Waals surface area contributed by atoms with Crippen LogP contribution in [-0.4, -0.2) is 10.0 Å². The predicted octanol–water partition coefficient (Wildman–Crippen LogP) is 4.84. The summed E-state index contributed by atoms with van der Waals surface area (Å²) in [6.45, 7) is 0.489. The van der Waals surface area contributed by atoms with Gasteiger partial charge in [-0.25, -0.2) is 0 Å². The average molecular weight is 326 g/mol. The monoisotopic (exact) mass is 325 g/mol. The number of hydrogen-bond donors (Lipinski definition) is 0. The third-order valence-corrected chi connectivity index (χ3v) is 3.82. The number of hydrogen-bond acceptors (Lipinski definition) is 3. The summed E-state index contributed by atoms with van der Waals surface area (Å²) in [5, 5.41) is 9.68. The van der Waals surface area contributed by atoms with Gasteiger partial charge in [0.15, 0.2) is 6.17 Å². The Hall–Kier alpha value is -1.43. The highest BCUT2D eigenvalue weighted by atomic mass is 35.5. The fourth-order valence-corrected chi connectivity index (χ4v) is 2.71. The highest BCUT2D eigenvalue weighted by Crippen LogP contribution is 2.35. The molecule has 1 aliphatic heterocycles. The van der Waals surface area contributed by atoms with Gasteiger partial charge in [-0.05, 0) is 36.5 Å². The average Bonchev–Trinajstić information content (AvgIpc) is 3.03. The molecular weight excluding hydrogens is 317 g/mol. The molecular formula is C13H9Cl2N3OS. The van der Waals surface area contributed by atoms with Gasteiger partial charge in [0.25, 0.3) is 0 Å². The van der Waals surface area contributed by atoms with E-state index in [-0.39, 0.29) is 6.17 Å². The molecule has 1 aliphatic rings. The second-order valence-corrected chi connectivity index (χ2v) is 5.45. The maximum Gasteiger partial charge on any atom is 0.218 e. The quantitative estimate of drug-likeness (QED) is 0.758. The van der Waals surface area contributed by atoms with Gasteiger partial charge in [0.05, 0.1) is 12.8 Å². The fourth-order valence-electron chi connectivity index (χ4n) is 1.99.